The lowest BCUT2D eigenvalue weighted by molar-refractivity contribution is 0.589. The van der Waals surface area contributed by atoms with Gasteiger partial charge in [0.25, 0.3) is 9.05 Å². The quantitative estimate of drug-likeness (QED) is 0.596. The Morgan fingerprint density at radius 1 is 1.55 bits per heavy atom. The normalized spacial score (nSPS) is 21.9. The van der Waals surface area contributed by atoms with E-state index in [1.165, 1.54) is 6.20 Å². The van der Waals surface area contributed by atoms with E-state index < -0.39 is 14.6 Å². The number of rotatable bonds is 1. The molecular formula is C5H7ClN2O2S. The molecule has 11 heavy (non-hydrogen) atoms. The molecule has 4 nitrogen and oxygen atoms in total. The highest BCUT2D eigenvalue weighted by Crippen LogP contribution is 2.32. The molecule has 1 aliphatic rings. The van der Waals surface area contributed by atoms with E-state index in [0.717, 1.165) is 0 Å². The third kappa shape index (κ3) is 1.59. The van der Waals surface area contributed by atoms with Gasteiger partial charge in [0, 0.05) is 10.7 Å². The number of halogens is 1. The van der Waals surface area contributed by atoms with Gasteiger partial charge in [-0.25, -0.2) is 8.42 Å². The third-order valence-electron chi connectivity index (χ3n) is 1.35. The van der Waals surface area contributed by atoms with Crippen LogP contribution in [0.1, 0.15) is 13.8 Å². The summed E-state index contributed by atoms with van der Waals surface area (Å²) in [5.74, 6) is 0. The van der Waals surface area contributed by atoms with Crippen molar-refractivity contribution in [2.45, 2.75) is 19.4 Å². The topological polar surface area (TPSA) is 58.9 Å². The van der Waals surface area contributed by atoms with Crippen molar-refractivity contribution in [3.8, 4) is 0 Å². The van der Waals surface area contributed by atoms with E-state index in [9.17, 15) is 8.42 Å². The third-order valence-corrected chi connectivity index (χ3v) is 2.98. The Morgan fingerprint density at radius 2 is 2.09 bits per heavy atom. The van der Waals surface area contributed by atoms with Crippen molar-refractivity contribution >= 4 is 19.7 Å². The molecule has 0 saturated carbocycles. The molecule has 0 aromatic heterocycles. The highest BCUT2D eigenvalue weighted by Gasteiger charge is 2.35. The van der Waals surface area contributed by atoms with E-state index in [0.29, 0.717) is 0 Å². The molecule has 0 atom stereocenters. The summed E-state index contributed by atoms with van der Waals surface area (Å²) < 4.78 is 21.7. The first-order valence-corrected chi connectivity index (χ1v) is 5.22. The summed E-state index contributed by atoms with van der Waals surface area (Å²) in [6, 6.07) is 0. The van der Waals surface area contributed by atoms with Crippen molar-refractivity contribution in [1.29, 1.82) is 0 Å². The second-order valence-corrected chi connectivity index (χ2v) is 5.24. The Morgan fingerprint density at radius 3 is 2.27 bits per heavy atom. The molecule has 0 aliphatic carbocycles. The van der Waals surface area contributed by atoms with E-state index in [1.54, 1.807) is 13.8 Å². The largest absolute Gasteiger partial charge is 0.261 e. The molecule has 0 unspecified atom stereocenters. The Balaban J connectivity index is 3.15. The van der Waals surface area contributed by atoms with Crippen LogP contribution >= 0.6 is 10.7 Å². The van der Waals surface area contributed by atoms with Gasteiger partial charge in [0.2, 0.25) is 0 Å². The van der Waals surface area contributed by atoms with Gasteiger partial charge in [-0.1, -0.05) is 0 Å². The molecule has 0 aromatic rings. The minimum atomic E-state index is -3.66. The van der Waals surface area contributed by atoms with E-state index in [1.807, 2.05) is 0 Å². The molecule has 0 radical (unpaired) electrons. The Kier molecular flexibility index (Phi) is 1.80. The zero-order valence-corrected chi connectivity index (χ0v) is 7.65. The monoisotopic (exact) mass is 194 g/mol. The van der Waals surface area contributed by atoms with Crippen LogP contribution in [0.25, 0.3) is 0 Å². The summed E-state index contributed by atoms with van der Waals surface area (Å²) in [5, 5.41) is 7.17. The van der Waals surface area contributed by atoms with Gasteiger partial charge < -0.3 is 0 Å². The van der Waals surface area contributed by atoms with Gasteiger partial charge in [0.1, 0.15) is 10.4 Å². The summed E-state index contributed by atoms with van der Waals surface area (Å²) in [6.07, 6.45) is 1.17. The number of hydrogen-bond acceptors (Lipinski definition) is 4. The molecule has 6 heteroatoms. The molecule has 1 rings (SSSR count). The number of nitrogens with zero attached hydrogens (tertiary/aromatic N) is 2. The summed E-state index contributed by atoms with van der Waals surface area (Å²) >= 11 is 0. The molecule has 0 spiro atoms. The van der Waals surface area contributed by atoms with E-state index in [-0.39, 0.29) is 4.91 Å². The molecule has 0 fully saturated rings. The van der Waals surface area contributed by atoms with Crippen molar-refractivity contribution in [3.63, 3.8) is 0 Å². The van der Waals surface area contributed by atoms with Crippen LogP contribution in [-0.4, -0.2) is 14.0 Å². The smallest absolute Gasteiger partial charge is 0.207 e. The predicted molar refractivity (Wildman–Crippen MR) is 41.8 cm³/mol. The first-order chi connectivity index (χ1) is 4.84. The first-order valence-electron chi connectivity index (χ1n) is 2.91. The van der Waals surface area contributed by atoms with Gasteiger partial charge >= 0.3 is 0 Å². The highest BCUT2D eigenvalue weighted by molar-refractivity contribution is 8.16. The predicted octanol–water partition coefficient (Wildman–Crippen LogP) is 1.64. The fourth-order valence-corrected chi connectivity index (χ4v) is 2.29. The summed E-state index contributed by atoms with van der Waals surface area (Å²) in [4.78, 5) is 0.0478. The van der Waals surface area contributed by atoms with Crippen molar-refractivity contribution in [2.24, 2.45) is 10.2 Å². The standard InChI is InChI=1S/C5H7ClN2O2S/c1-5(2)4(3-7-8-5)11(6,9)10/h3H,1-2H3. The molecule has 1 aliphatic heterocycles. The maximum absolute atomic E-state index is 10.8. The fraction of sp³-hybridized carbons (Fsp3) is 0.600. The Hall–Kier alpha value is -0.420. The van der Waals surface area contributed by atoms with Crippen molar-refractivity contribution in [1.82, 2.24) is 0 Å². The molecule has 0 N–H and O–H groups in total. The van der Waals surface area contributed by atoms with Crippen LogP contribution in [0, 0.1) is 0 Å². The zero-order chi connectivity index (χ0) is 8.70. The van der Waals surface area contributed by atoms with Crippen LogP contribution in [0.15, 0.2) is 21.3 Å². The van der Waals surface area contributed by atoms with Crippen LogP contribution in [-0.2, 0) is 9.05 Å². The second kappa shape index (κ2) is 2.28. The molecule has 62 valence electrons. The molecular weight excluding hydrogens is 188 g/mol. The van der Waals surface area contributed by atoms with E-state index >= 15 is 0 Å². The van der Waals surface area contributed by atoms with Crippen LogP contribution in [0.3, 0.4) is 0 Å². The van der Waals surface area contributed by atoms with E-state index in [4.69, 9.17) is 10.7 Å². The van der Waals surface area contributed by atoms with Gasteiger partial charge in [-0.15, -0.1) is 0 Å². The second-order valence-electron chi connectivity index (χ2n) is 2.71. The lowest BCUT2D eigenvalue weighted by Gasteiger charge is -2.13. The SMILES string of the molecule is CC1(C)N=NC=C1S(=O)(=O)Cl. The Bertz CT molecular complexity index is 328. The molecule has 0 aromatic carbocycles. The average molecular weight is 195 g/mol. The van der Waals surface area contributed by atoms with Crippen LogP contribution < -0.4 is 0 Å². The summed E-state index contributed by atoms with van der Waals surface area (Å²) in [6.45, 7) is 3.27. The molecule has 1 heterocycles. The maximum Gasteiger partial charge on any atom is 0.261 e. The van der Waals surface area contributed by atoms with Gasteiger partial charge in [-0.2, -0.15) is 10.2 Å². The molecule has 0 bridgehead atoms. The Labute approximate surface area is 69.4 Å². The molecule has 0 amide bonds. The van der Waals surface area contributed by atoms with Gasteiger partial charge in [0.15, 0.2) is 0 Å². The van der Waals surface area contributed by atoms with Gasteiger partial charge in [-0.05, 0) is 13.8 Å². The molecule has 0 saturated heterocycles. The fourth-order valence-electron chi connectivity index (χ4n) is 0.794. The van der Waals surface area contributed by atoms with E-state index in [2.05, 4.69) is 10.2 Å². The minimum absolute atomic E-state index is 0.0478. The van der Waals surface area contributed by atoms with Crippen molar-refractivity contribution in [3.05, 3.63) is 11.1 Å². The van der Waals surface area contributed by atoms with Gasteiger partial charge in [-0.3, -0.25) is 0 Å². The average Bonchev–Trinajstić information content (AvgIpc) is 2.06. The van der Waals surface area contributed by atoms with Gasteiger partial charge in [0.05, 0.1) is 6.20 Å². The first kappa shape index (κ1) is 8.67. The minimum Gasteiger partial charge on any atom is -0.207 e. The van der Waals surface area contributed by atoms with Crippen LogP contribution in [0.4, 0.5) is 0 Å². The summed E-state index contributed by atoms with van der Waals surface area (Å²) in [5.41, 5.74) is -0.805. The number of hydrogen-bond donors (Lipinski definition) is 0. The van der Waals surface area contributed by atoms with Crippen molar-refractivity contribution in [2.75, 3.05) is 0 Å². The van der Waals surface area contributed by atoms with Crippen LogP contribution in [0.5, 0.6) is 0 Å². The number of azo groups is 1. The maximum atomic E-state index is 10.8. The zero-order valence-electron chi connectivity index (χ0n) is 6.07. The van der Waals surface area contributed by atoms with Crippen LogP contribution in [0.2, 0.25) is 0 Å². The van der Waals surface area contributed by atoms with Crippen molar-refractivity contribution < 1.29 is 8.42 Å². The lowest BCUT2D eigenvalue weighted by atomic mass is 10.1. The lowest BCUT2D eigenvalue weighted by Crippen LogP contribution is -2.20. The summed E-state index contributed by atoms with van der Waals surface area (Å²) in [7, 11) is 1.44. The highest BCUT2D eigenvalue weighted by atomic mass is 35.7.